The summed E-state index contributed by atoms with van der Waals surface area (Å²) in [6.45, 7) is 0. The van der Waals surface area contributed by atoms with Crippen LogP contribution < -0.4 is 9.47 Å². The quantitative estimate of drug-likeness (QED) is 0.631. The summed E-state index contributed by atoms with van der Waals surface area (Å²) in [5.74, 6) is 0. The molecule has 2 heteroatoms. The minimum atomic E-state index is 1.19. The van der Waals surface area contributed by atoms with Crippen molar-refractivity contribution >= 4 is 22.3 Å². The number of nitrogens with zero attached hydrogens (tertiary/aromatic N) is 2. The summed E-state index contributed by atoms with van der Waals surface area (Å²) in [5, 5.41) is 1.25. The molecule has 0 aliphatic rings. The van der Waals surface area contributed by atoms with Crippen LogP contribution in [0.2, 0.25) is 0 Å². The van der Waals surface area contributed by atoms with Gasteiger partial charge in [0.1, 0.15) is 12.7 Å². The van der Waals surface area contributed by atoms with Crippen molar-refractivity contribution in [1.29, 1.82) is 0 Å². The second-order valence-electron chi connectivity index (χ2n) is 4.76. The molecule has 0 saturated carbocycles. The highest BCUT2D eigenvalue weighted by Gasteiger charge is 2.11. The maximum absolute atomic E-state index is 2.22. The Morgan fingerprint density at radius 3 is 2.32 bits per heavy atom. The summed E-state index contributed by atoms with van der Waals surface area (Å²) in [6, 6.07) is 21.1. The molecular formula is C17H17N2+. The Balaban J connectivity index is 2.11. The van der Waals surface area contributed by atoms with E-state index < -0.39 is 0 Å². The lowest BCUT2D eigenvalue weighted by Gasteiger charge is -2.18. The Kier molecular flexibility index (Phi) is 2.92. The number of para-hydroxylation sites is 2. The standard InChI is InChI=1S/C17H17N2/c1-18-13-16(12-14-8-6-7-11-17(14)18)19(2)15-9-4-3-5-10-15/h3-13H,1-2H3/q+1. The highest BCUT2D eigenvalue weighted by molar-refractivity contribution is 5.80. The number of aryl methyl sites for hydroxylation is 1. The average molecular weight is 249 g/mol. The van der Waals surface area contributed by atoms with Crippen molar-refractivity contribution in [3.05, 3.63) is 66.9 Å². The van der Waals surface area contributed by atoms with E-state index in [-0.39, 0.29) is 0 Å². The molecule has 0 bridgehead atoms. The van der Waals surface area contributed by atoms with Gasteiger partial charge >= 0.3 is 0 Å². The number of pyridine rings is 1. The third-order valence-corrected chi connectivity index (χ3v) is 3.48. The van der Waals surface area contributed by atoms with E-state index in [0.29, 0.717) is 0 Å². The van der Waals surface area contributed by atoms with Gasteiger partial charge in [0.15, 0.2) is 6.20 Å². The number of aromatic nitrogens is 1. The molecule has 0 N–H and O–H groups in total. The van der Waals surface area contributed by atoms with E-state index in [1.807, 2.05) is 6.07 Å². The van der Waals surface area contributed by atoms with Gasteiger partial charge in [0.25, 0.3) is 0 Å². The van der Waals surface area contributed by atoms with Crippen molar-refractivity contribution < 1.29 is 4.57 Å². The highest BCUT2D eigenvalue weighted by atomic mass is 15.1. The van der Waals surface area contributed by atoms with Crippen molar-refractivity contribution in [2.75, 3.05) is 11.9 Å². The van der Waals surface area contributed by atoms with Gasteiger partial charge in [-0.1, -0.05) is 30.3 Å². The zero-order valence-electron chi connectivity index (χ0n) is 11.2. The molecule has 2 nitrogen and oxygen atoms in total. The van der Waals surface area contributed by atoms with Crippen LogP contribution in [0.4, 0.5) is 11.4 Å². The van der Waals surface area contributed by atoms with Crippen molar-refractivity contribution in [3.8, 4) is 0 Å². The Morgan fingerprint density at radius 1 is 0.842 bits per heavy atom. The first-order valence-corrected chi connectivity index (χ1v) is 6.43. The van der Waals surface area contributed by atoms with Crippen LogP contribution in [-0.4, -0.2) is 7.05 Å². The molecule has 2 aromatic carbocycles. The predicted octanol–water partition coefficient (Wildman–Crippen LogP) is 3.43. The fourth-order valence-corrected chi connectivity index (χ4v) is 2.38. The summed E-state index contributed by atoms with van der Waals surface area (Å²) in [7, 11) is 4.18. The van der Waals surface area contributed by atoms with Crippen LogP contribution in [0.3, 0.4) is 0 Å². The van der Waals surface area contributed by atoms with Gasteiger partial charge in [0.05, 0.1) is 0 Å². The van der Waals surface area contributed by atoms with Crippen LogP contribution >= 0.6 is 0 Å². The zero-order chi connectivity index (χ0) is 13.2. The second-order valence-corrected chi connectivity index (χ2v) is 4.76. The number of benzene rings is 2. The summed E-state index contributed by atoms with van der Waals surface area (Å²) in [5.41, 5.74) is 3.62. The topological polar surface area (TPSA) is 7.12 Å². The molecule has 94 valence electrons. The number of anilines is 2. The van der Waals surface area contributed by atoms with E-state index >= 15 is 0 Å². The van der Waals surface area contributed by atoms with E-state index in [4.69, 9.17) is 0 Å². The minimum Gasteiger partial charge on any atom is -0.340 e. The predicted molar refractivity (Wildman–Crippen MR) is 79.6 cm³/mol. The van der Waals surface area contributed by atoms with Gasteiger partial charge in [-0.15, -0.1) is 0 Å². The van der Waals surface area contributed by atoms with E-state index in [0.717, 1.165) is 0 Å². The molecule has 3 rings (SSSR count). The molecule has 1 aromatic heterocycles. The lowest BCUT2D eigenvalue weighted by molar-refractivity contribution is -0.644. The maximum atomic E-state index is 2.22. The van der Waals surface area contributed by atoms with Gasteiger partial charge in [0.2, 0.25) is 5.52 Å². The molecule has 0 amide bonds. The number of fused-ring (bicyclic) bond motifs is 1. The number of hydrogen-bond acceptors (Lipinski definition) is 1. The second kappa shape index (κ2) is 4.73. The van der Waals surface area contributed by atoms with Gasteiger partial charge in [-0.05, 0) is 24.3 Å². The SMILES string of the molecule is CN(c1ccccc1)c1cc2ccccc2[n+](C)c1. The summed E-state index contributed by atoms with van der Waals surface area (Å²) in [6.07, 6.45) is 2.16. The molecule has 0 aliphatic heterocycles. The van der Waals surface area contributed by atoms with Crippen molar-refractivity contribution in [2.45, 2.75) is 0 Å². The van der Waals surface area contributed by atoms with Gasteiger partial charge < -0.3 is 4.90 Å². The molecular weight excluding hydrogens is 232 g/mol. The van der Waals surface area contributed by atoms with Crippen LogP contribution in [0.5, 0.6) is 0 Å². The number of hydrogen-bond donors (Lipinski definition) is 0. The molecule has 3 aromatic rings. The third kappa shape index (κ3) is 2.17. The third-order valence-electron chi connectivity index (χ3n) is 3.48. The highest BCUT2D eigenvalue weighted by Crippen LogP contribution is 2.24. The van der Waals surface area contributed by atoms with E-state index in [9.17, 15) is 0 Å². The Hall–Kier alpha value is -2.35. The summed E-state index contributed by atoms with van der Waals surface area (Å²) < 4.78 is 2.17. The van der Waals surface area contributed by atoms with Crippen LogP contribution in [0.15, 0.2) is 66.9 Å². The van der Waals surface area contributed by atoms with Crippen LogP contribution in [-0.2, 0) is 7.05 Å². The molecule has 0 atom stereocenters. The van der Waals surface area contributed by atoms with Gasteiger partial charge in [0, 0.05) is 24.2 Å². The first-order valence-electron chi connectivity index (χ1n) is 6.43. The van der Waals surface area contributed by atoms with E-state index in [2.05, 4.69) is 84.4 Å². The average Bonchev–Trinajstić information content (AvgIpc) is 2.47. The fraction of sp³-hybridized carbons (Fsp3) is 0.118. The largest absolute Gasteiger partial charge is 0.340 e. The van der Waals surface area contributed by atoms with Crippen molar-refractivity contribution in [2.24, 2.45) is 7.05 Å². The molecule has 0 saturated heterocycles. The number of rotatable bonds is 2. The first kappa shape index (κ1) is 11.7. The minimum absolute atomic E-state index is 1.19. The van der Waals surface area contributed by atoms with Crippen LogP contribution in [0, 0.1) is 0 Å². The monoisotopic (exact) mass is 249 g/mol. The van der Waals surface area contributed by atoms with Crippen molar-refractivity contribution in [3.63, 3.8) is 0 Å². The molecule has 19 heavy (non-hydrogen) atoms. The van der Waals surface area contributed by atoms with Gasteiger partial charge in [-0.25, -0.2) is 0 Å². The molecule has 0 radical (unpaired) electrons. The summed E-state index contributed by atoms with van der Waals surface area (Å²) >= 11 is 0. The maximum Gasteiger partial charge on any atom is 0.212 e. The van der Waals surface area contributed by atoms with Crippen molar-refractivity contribution in [1.82, 2.24) is 0 Å². The molecule has 1 heterocycles. The Labute approximate surface area is 113 Å². The molecule has 0 aliphatic carbocycles. The van der Waals surface area contributed by atoms with Crippen LogP contribution in [0.1, 0.15) is 0 Å². The smallest absolute Gasteiger partial charge is 0.212 e. The fourth-order valence-electron chi connectivity index (χ4n) is 2.38. The van der Waals surface area contributed by atoms with E-state index in [1.165, 1.54) is 22.3 Å². The lowest BCUT2D eigenvalue weighted by atomic mass is 10.2. The summed E-state index contributed by atoms with van der Waals surface area (Å²) in [4.78, 5) is 2.20. The Bertz CT molecular complexity index is 705. The molecule has 0 unspecified atom stereocenters. The zero-order valence-corrected chi connectivity index (χ0v) is 11.2. The normalized spacial score (nSPS) is 10.6. The first-order chi connectivity index (χ1) is 9.25. The van der Waals surface area contributed by atoms with Gasteiger partial charge in [-0.3, -0.25) is 0 Å². The van der Waals surface area contributed by atoms with Crippen LogP contribution in [0.25, 0.3) is 10.9 Å². The lowest BCUT2D eigenvalue weighted by Crippen LogP contribution is -2.29. The van der Waals surface area contributed by atoms with E-state index in [1.54, 1.807) is 0 Å². The van der Waals surface area contributed by atoms with Gasteiger partial charge in [-0.2, -0.15) is 4.57 Å². The molecule has 0 spiro atoms. The molecule has 0 fully saturated rings. The Morgan fingerprint density at radius 2 is 1.53 bits per heavy atom.